The molecule has 0 fully saturated rings. The van der Waals surface area contributed by atoms with Crippen molar-refractivity contribution in [1.82, 2.24) is 5.32 Å². The van der Waals surface area contributed by atoms with Crippen molar-refractivity contribution in [2.24, 2.45) is 0 Å². The maximum Gasteiger partial charge on any atom is 0.328 e. The lowest BCUT2D eigenvalue weighted by Gasteiger charge is -2.11. The summed E-state index contributed by atoms with van der Waals surface area (Å²) in [6.45, 7) is 0.745. The van der Waals surface area contributed by atoms with Crippen molar-refractivity contribution in [1.29, 1.82) is 0 Å². The molecular formula is C7H13NO5. The van der Waals surface area contributed by atoms with Crippen LogP contribution in [0.5, 0.6) is 0 Å². The largest absolute Gasteiger partial charge is 0.480 e. The van der Waals surface area contributed by atoms with Crippen LogP contribution in [0.4, 0.5) is 0 Å². The van der Waals surface area contributed by atoms with Crippen molar-refractivity contribution in [3.8, 4) is 0 Å². The number of hydrogen-bond donors (Lipinski definition) is 4. The third-order valence-electron chi connectivity index (χ3n) is 1.30. The van der Waals surface area contributed by atoms with Crippen molar-refractivity contribution in [2.45, 2.75) is 25.5 Å². The molecule has 76 valence electrons. The smallest absolute Gasteiger partial charge is 0.328 e. The van der Waals surface area contributed by atoms with Gasteiger partial charge in [0, 0.05) is 0 Å². The molecule has 4 N–H and O–H groups in total. The average molecular weight is 191 g/mol. The van der Waals surface area contributed by atoms with Gasteiger partial charge in [-0.25, -0.2) is 4.79 Å². The summed E-state index contributed by atoms with van der Waals surface area (Å²) in [4.78, 5) is 21.2. The number of carboxylic acids is 1. The summed E-state index contributed by atoms with van der Waals surface area (Å²) in [6.07, 6.45) is -1.00. The molecule has 0 aliphatic rings. The first-order valence-electron chi connectivity index (χ1n) is 3.78. The number of rotatable bonds is 5. The normalized spacial score (nSPS) is 14.7. The predicted molar refractivity (Wildman–Crippen MR) is 43.0 cm³/mol. The molecule has 0 aromatic heterocycles. The number of aliphatic hydroxyl groups excluding tert-OH is 2. The SMILES string of the molecule is CC(O)CC(=O)N[C@@H](CO)C(=O)O. The first-order valence-corrected chi connectivity index (χ1v) is 3.78. The molecule has 0 bridgehead atoms. The molecule has 1 unspecified atom stereocenters. The Kier molecular flexibility index (Phi) is 5.01. The van der Waals surface area contributed by atoms with Gasteiger partial charge < -0.3 is 20.6 Å². The summed E-state index contributed by atoms with van der Waals surface area (Å²) < 4.78 is 0. The van der Waals surface area contributed by atoms with E-state index < -0.39 is 30.6 Å². The lowest BCUT2D eigenvalue weighted by molar-refractivity contribution is -0.143. The van der Waals surface area contributed by atoms with Crippen LogP contribution < -0.4 is 5.32 Å². The molecule has 0 saturated carbocycles. The molecule has 0 aromatic carbocycles. The molecule has 6 heteroatoms. The Morgan fingerprint density at radius 1 is 1.46 bits per heavy atom. The van der Waals surface area contributed by atoms with Gasteiger partial charge in [-0.2, -0.15) is 0 Å². The van der Waals surface area contributed by atoms with Gasteiger partial charge in [-0.3, -0.25) is 4.79 Å². The average Bonchev–Trinajstić information content (AvgIpc) is 1.98. The molecule has 0 spiro atoms. The topological polar surface area (TPSA) is 107 Å². The number of nitrogens with one attached hydrogen (secondary N) is 1. The maximum absolute atomic E-state index is 10.9. The molecule has 0 heterocycles. The maximum atomic E-state index is 10.9. The number of aliphatic carboxylic acids is 1. The van der Waals surface area contributed by atoms with Crippen molar-refractivity contribution in [3.05, 3.63) is 0 Å². The Bertz CT molecular complexity index is 191. The molecule has 13 heavy (non-hydrogen) atoms. The quantitative estimate of drug-likeness (QED) is 0.415. The summed E-state index contributed by atoms with van der Waals surface area (Å²) in [5, 5.41) is 27.8. The molecule has 6 nitrogen and oxygen atoms in total. The van der Waals surface area contributed by atoms with Crippen molar-refractivity contribution >= 4 is 11.9 Å². The summed E-state index contributed by atoms with van der Waals surface area (Å²) in [5.41, 5.74) is 0. The Morgan fingerprint density at radius 2 is 2.00 bits per heavy atom. The van der Waals surface area contributed by atoms with Crippen LogP contribution in [-0.2, 0) is 9.59 Å². The summed E-state index contributed by atoms with van der Waals surface area (Å²) >= 11 is 0. The number of carboxylic acid groups (broad SMARTS) is 1. The zero-order valence-electron chi connectivity index (χ0n) is 7.23. The molecule has 1 amide bonds. The fourth-order valence-corrected chi connectivity index (χ4v) is 0.707. The standard InChI is InChI=1S/C7H13NO5/c1-4(10)2-6(11)8-5(3-9)7(12)13/h4-5,9-10H,2-3H2,1H3,(H,8,11)(H,12,13)/t4?,5-/m0/s1. The summed E-state index contributed by atoms with van der Waals surface area (Å²) in [5.74, 6) is -1.90. The minimum absolute atomic E-state index is 0.177. The third kappa shape index (κ3) is 5.15. The van der Waals surface area contributed by atoms with E-state index in [0.29, 0.717) is 0 Å². The molecule has 2 atom stereocenters. The molecule has 0 aliphatic carbocycles. The first kappa shape index (κ1) is 11.9. The minimum Gasteiger partial charge on any atom is -0.480 e. The van der Waals surface area contributed by atoms with E-state index in [1.165, 1.54) is 6.92 Å². The van der Waals surface area contributed by atoms with Crippen LogP contribution in [0.2, 0.25) is 0 Å². The second-order valence-corrected chi connectivity index (χ2v) is 2.69. The first-order chi connectivity index (χ1) is 5.97. The highest BCUT2D eigenvalue weighted by molar-refractivity contribution is 5.83. The van der Waals surface area contributed by atoms with Gasteiger partial charge in [0.25, 0.3) is 0 Å². The van der Waals surface area contributed by atoms with E-state index in [4.69, 9.17) is 15.3 Å². The Morgan fingerprint density at radius 3 is 2.31 bits per heavy atom. The molecule has 0 rings (SSSR count). The van der Waals surface area contributed by atoms with Gasteiger partial charge >= 0.3 is 5.97 Å². The van der Waals surface area contributed by atoms with Gasteiger partial charge in [0.05, 0.1) is 19.1 Å². The highest BCUT2D eigenvalue weighted by atomic mass is 16.4. The van der Waals surface area contributed by atoms with E-state index in [1.807, 2.05) is 5.32 Å². The van der Waals surface area contributed by atoms with E-state index in [-0.39, 0.29) is 6.42 Å². The fraction of sp³-hybridized carbons (Fsp3) is 0.714. The van der Waals surface area contributed by atoms with Crippen LogP contribution in [0.25, 0.3) is 0 Å². The van der Waals surface area contributed by atoms with Crippen molar-refractivity contribution < 1.29 is 24.9 Å². The molecule has 0 radical (unpaired) electrons. The second kappa shape index (κ2) is 5.50. The predicted octanol–water partition coefficient (Wildman–Crippen LogP) is -1.68. The fourth-order valence-electron chi connectivity index (χ4n) is 0.707. The van der Waals surface area contributed by atoms with Gasteiger partial charge in [-0.15, -0.1) is 0 Å². The van der Waals surface area contributed by atoms with E-state index in [2.05, 4.69) is 0 Å². The molecule has 0 aliphatic heterocycles. The van der Waals surface area contributed by atoms with Crippen LogP contribution in [0.1, 0.15) is 13.3 Å². The van der Waals surface area contributed by atoms with Crippen LogP contribution in [0.3, 0.4) is 0 Å². The van der Waals surface area contributed by atoms with Crippen LogP contribution in [-0.4, -0.2) is 45.9 Å². The lowest BCUT2D eigenvalue weighted by Crippen LogP contribution is -2.44. The lowest BCUT2D eigenvalue weighted by atomic mass is 10.2. The van der Waals surface area contributed by atoms with E-state index in [0.717, 1.165) is 0 Å². The Balaban J connectivity index is 3.94. The van der Waals surface area contributed by atoms with Gasteiger partial charge in [0.15, 0.2) is 0 Å². The summed E-state index contributed by atoms with van der Waals surface area (Å²) in [6, 6.07) is -1.30. The molecular weight excluding hydrogens is 178 g/mol. The van der Waals surface area contributed by atoms with Gasteiger partial charge in [0.2, 0.25) is 5.91 Å². The van der Waals surface area contributed by atoms with E-state index in [1.54, 1.807) is 0 Å². The van der Waals surface area contributed by atoms with E-state index in [9.17, 15) is 9.59 Å². The number of hydrogen-bond acceptors (Lipinski definition) is 4. The second-order valence-electron chi connectivity index (χ2n) is 2.69. The highest BCUT2D eigenvalue weighted by Crippen LogP contribution is 1.91. The Hall–Kier alpha value is -1.14. The summed E-state index contributed by atoms with van der Waals surface area (Å²) in [7, 11) is 0. The molecule has 0 aromatic rings. The number of carbonyl (C=O) groups is 2. The van der Waals surface area contributed by atoms with Crippen LogP contribution >= 0.6 is 0 Å². The monoisotopic (exact) mass is 191 g/mol. The van der Waals surface area contributed by atoms with Crippen LogP contribution in [0.15, 0.2) is 0 Å². The zero-order valence-corrected chi connectivity index (χ0v) is 7.23. The third-order valence-corrected chi connectivity index (χ3v) is 1.30. The highest BCUT2D eigenvalue weighted by Gasteiger charge is 2.18. The number of carbonyl (C=O) groups excluding carboxylic acids is 1. The minimum atomic E-state index is -1.30. The Labute approximate surface area is 75.2 Å². The van der Waals surface area contributed by atoms with Crippen molar-refractivity contribution in [3.63, 3.8) is 0 Å². The van der Waals surface area contributed by atoms with Crippen LogP contribution in [0, 0.1) is 0 Å². The number of amides is 1. The van der Waals surface area contributed by atoms with Gasteiger partial charge in [0.1, 0.15) is 6.04 Å². The zero-order chi connectivity index (χ0) is 10.4. The molecule has 0 saturated heterocycles. The van der Waals surface area contributed by atoms with Gasteiger partial charge in [-0.05, 0) is 6.92 Å². The number of aliphatic hydroxyl groups is 2. The van der Waals surface area contributed by atoms with Crippen molar-refractivity contribution in [2.75, 3.05) is 6.61 Å². The van der Waals surface area contributed by atoms with Gasteiger partial charge in [-0.1, -0.05) is 0 Å². The van der Waals surface area contributed by atoms with E-state index >= 15 is 0 Å².